The van der Waals surface area contributed by atoms with Gasteiger partial charge in [0.05, 0.1) is 10.8 Å². The number of nitrogens with zero attached hydrogens (tertiary/aromatic N) is 3. The van der Waals surface area contributed by atoms with Crippen LogP contribution in [0.15, 0.2) is 6.33 Å². The Balaban J connectivity index is 1.01. The molecule has 11 heteroatoms. The van der Waals surface area contributed by atoms with Crippen LogP contribution in [0.2, 0.25) is 0 Å². The molecule has 196 valence electrons. The van der Waals surface area contributed by atoms with Gasteiger partial charge in [-0.3, -0.25) is 19.5 Å². The molecule has 0 aliphatic heterocycles. The molecular formula is C26H32N6O5. The Morgan fingerprint density at radius 1 is 0.892 bits per heavy atom. The van der Waals surface area contributed by atoms with Crippen LogP contribution in [0.1, 0.15) is 74.7 Å². The molecule has 7 aliphatic rings. The number of carbonyl (C=O) groups is 3. The minimum atomic E-state index is -0.682. The van der Waals surface area contributed by atoms with Gasteiger partial charge in [0.2, 0.25) is 0 Å². The van der Waals surface area contributed by atoms with Gasteiger partial charge in [-0.25, -0.2) is 9.97 Å². The van der Waals surface area contributed by atoms with E-state index in [4.69, 9.17) is 0 Å². The number of H-pyrrole nitrogens is 1. The molecule has 2 aromatic heterocycles. The van der Waals surface area contributed by atoms with Crippen LogP contribution >= 0.6 is 0 Å². The number of aliphatic carboxylic acids is 2. The van der Waals surface area contributed by atoms with Crippen molar-refractivity contribution in [3.05, 3.63) is 12.0 Å². The third-order valence-corrected chi connectivity index (χ3v) is 11.1. The van der Waals surface area contributed by atoms with Crippen molar-refractivity contribution in [1.82, 2.24) is 25.5 Å². The van der Waals surface area contributed by atoms with E-state index in [1.54, 1.807) is 0 Å². The maximum atomic E-state index is 13.1. The van der Waals surface area contributed by atoms with Gasteiger partial charge in [-0.2, -0.15) is 5.10 Å². The third-order valence-electron chi connectivity index (χ3n) is 11.1. The molecule has 9 rings (SSSR count). The SMILES string of the molecule is O=C(NCC12CCC(C(=O)O)(CC1)CC2)c1ncnc2c(NCC34CCC5(C(=O)O)C(C3)C5C4)n[nH]c12. The molecule has 2 heterocycles. The lowest BCUT2D eigenvalue weighted by Gasteiger charge is -2.51. The second-order valence-corrected chi connectivity index (χ2v) is 12.6. The topological polar surface area (TPSA) is 170 Å². The van der Waals surface area contributed by atoms with E-state index < -0.39 is 22.8 Å². The van der Waals surface area contributed by atoms with Crippen molar-refractivity contribution < 1.29 is 24.6 Å². The average Bonchev–Trinajstić information content (AvgIpc) is 3.19. The summed E-state index contributed by atoms with van der Waals surface area (Å²) in [6, 6.07) is 0. The zero-order chi connectivity index (χ0) is 25.6. The van der Waals surface area contributed by atoms with Crippen molar-refractivity contribution in [3.8, 4) is 0 Å². The second-order valence-electron chi connectivity index (χ2n) is 12.6. The third kappa shape index (κ3) is 3.11. The molecule has 7 fully saturated rings. The maximum Gasteiger partial charge on any atom is 0.310 e. The van der Waals surface area contributed by atoms with E-state index in [2.05, 4.69) is 30.8 Å². The van der Waals surface area contributed by atoms with E-state index in [0.717, 1.165) is 44.9 Å². The summed E-state index contributed by atoms with van der Waals surface area (Å²) in [6.07, 6.45) is 9.38. The van der Waals surface area contributed by atoms with E-state index in [1.807, 2.05) is 0 Å². The van der Waals surface area contributed by atoms with E-state index in [1.165, 1.54) is 6.33 Å². The molecular weight excluding hydrogens is 476 g/mol. The summed E-state index contributed by atoms with van der Waals surface area (Å²) in [5, 5.41) is 33.1. The first-order chi connectivity index (χ1) is 17.7. The van der Waals surface area contributed by atoms with Crippen LogP contribution < -0.4 is 10.6 Å². The molecule has 1 amide bonds. The van der Waals surface area contributed by atoms with Crippen molar-refractivity contribution in [2.45, 2.75) is 64.2 Å². The predicted octanol–water partition coefficient (Wildman–Crippen LogP) is 2.81. The van der Waals surface area contributed by atoms with Gasteiger partial charge in [-0.1, -0.05) is 0 Å². The molecule has 2 unspecified atom stereocenters. The Morgan fingerprint density at radius 2 is 1.57 bits per heavy atom. The smallest absolute Gasteiger partial charge is 0.310 e. The lowest BCUT2D eigenvalue weighted by molar-refractivity contribution is -0.158. The summed E-state index contributed by atoms with van der Waals surface area (Å²) in [7, 11) is 0. The van der Waals surface area contributed by atoms with Crippen LogP contribution in [0, 0.1) is 33.5 Å². The molecule has 0 spiro atoms. The van der Waals surface area contributed by atoms with Crippen molar-refractivity contribution in [1.29, 1.82) is 0 Å². The first kappa shape index (κ1) is 22.9. The van der Waals surface area contributed by atoms with Gasteiger partial charge in [0, 0.05) is 13.1 Å². The summed E-state index contributed by atoms with van der Waals surface area (Å²) in [5.74, 6) is -0.392. The van der Waals surface area contributed by atoms with E-state index in [0.29, 0.717) is 61.0 Å². The lowest BCUT2D eigenvalue weighted by atomic mass is 9.53. The van der Waals surface area contributed by atoms with Gasteiger partial charge >= 0.3 is 11.9 Å². The molecule has 6 bridgehead atoms. The fourth-order valence-electron chi connectivity index (χ4n) is 8.58. The first-order valence-corrected chi connectivity index (χ1v) is 13.4. The van der Waals surface area contributed by atoms with Gasteiger partial charge in [-0.05, 0) is 86.9 Å². The number of aromatic amines is 1. The van der Waals surface area contributed by atoms with E-state index in [-0.39, 0.29) is 22.4 Å². The van der Waals surface area contributed by atoms with Gasteiger partial charge in [0.1, 0.15) is 17.4 Å². The predicted molar refractivity (Wildman–Crippen MR) is 131 cm³/mol. The fourth-order valence-corrected chi connectivity index (χ4v) is 8.58. The minimum absolute atomic E-state index is 0.0424. The number of hydrogen-bond acceptors (Lipinski definition) is 7. The maximum absolute atomic E-state index is 13.1. The Morgan fingerprint density at radius 3 is 2.19 bits per heavy atom. The molecule has 2 atom stereocenters. The van der Waals surface area contributed by atoms with Gasteiger partial charge < -0.3 is 20.8 Å². The highest BCUT2D eigenvalue weighted by atomic mass is 16.4. The summed E-state index contributed by atoms with van der Waals surface area (Å²) < 4.78 is 0. The van der Waals surface area contributed by atoms with E-state index >= 15 is 0 Å². The highest BCUT2D eigenvalue weighted by molar-refractivity contribution is 6.04. The fraction of sp³-hybridized carbons (Fsp3) is 0.692. The number of hydrogen-bond donors (Lipinski definition) is 5. The average molecular weight is 509 g/mol. The highest BCUT2D eigenvalue weighted by Crippen LogP contribution is 2.79. The number of nitrogens with one attached hydrogen (secondary N) is 3. The zero-order valence-corrected chi connectivity index (χ0v) is 20.7. The molecule has 37 heavy (non-hydrogen) atoms. The molecule has 2 aromatic rings. The van der Waals surface area contributed by atoms with Crippen LogP contribution in [-0.2, 0) is 9.59 Å². The summed E-state index contributed by atoms with van der Waals surface area (Å²) in [4.78, 5) is 45.2. The summed E-state index contributed by atoms with van der Waals surface area (Å²) in [6.45, 7) is 1.22. The number of carboxylic acid groups (broad SMARTS) is 2. The van der Waals surface area contributed by atoms with Crippen molar-refractivity contribution in [2.24, 2.45) is 33.5 Å². The summed E-state index contributed by atoms with van der Waals surface area (Å²) in [5.41, 5.74) is 0.330. The molecule has 7 aliphatic carbocycles. The van der Waals surface area contributed by atoms with Crippen molar-refractivity contribution >= 4 is 34.7 Å². The number of carboxylic acids is 2. The number of fused-ring (bicyclic) bond motifs is 5. The van der Waals surface area contributed by atoms with Crippen LogP contribution in [0.3, 0.4) is 0 Å². The Labute approximate surface area is 213 Å². The quantitative estimate of drug-likeness (QED) is 0.360. The van der Waals surface area contributed by atoms with Crippen LogP contribution in [0.5, 0.6) is 0 Å². The number of rotatable bonds is 8. The Kier molecular flexibility index (Phi) is 4.59. The molecule has 0 aromatic carbocycles. The van der Waals surface area contributed by atoms with E-state index in [9.17, 15) is 24.6 Å². The lowest BCUT2D eigenvalue weighted by Crippen LogP contribution is -2.50. The van der Waals surface area contributed by atoms with Crippen LogP contribution in [0.4, 0.5) is 5.82 Å². The van der Waals surface area contributed by atoms with Crippen LogP contribution in [-0.4, -0.2) is 61.3 Å². The van der Waals surface area contributed by atoms with Crippen molar-refractivity contribution in [2.75, 3.05) is 18.4 Å². The van der Waals surface area contributed by atoms with Crippen LogP contribution in [0.25, 0.3) is 11.0 Å². The van der Waals surface area contributed by atoms with Gasteiger partial charge in [0.15, 0.2) is 11.5 Å². The monoisotopic (exact) mass is 508 g/mol. The zero-order valence-electron chi connectivity index (χ0n) is 20.7. The van der Waals surface area contributed by atoms with Crippen molar-refractivity contribution in [3.63, 3.8) is 0 Å². The normalized spacial score (nSPS) is 38.9. The Hall–Kier alpha value is -3.24. The standard InChI is InChI=1S/C26H32N6O5/c33-20(28-11-23-1-5-25(6-2-23,7-3-23)21(34)35)18-16-17(29-13-30-18)19(32-31-16)27-12-24-4-8-26(22(36)37)14(9-24)15(26)10-24/h13-15H,1-12H2,(H,28,33)(H,34,35)(H,36,37)(H2,27,31,32). The largest absolute Gasteiger partial charge is 0.481 e. The minimum Gasteiger partial charge on any atom is -0.481 e. The van der Waals surface area contributed by atoms with Gasteiger partial charge in [0.25, 0.3) is 5.91 Å². The molecule has 0 saturated heterocycles. The number of amides is 1. The number of aromatic nitrogens is 4. The molecule has 0 radical (unpaired) electrons. The number of anilines is 1. The Bertz CT molecular complexity index is 1300. The molecule has 7 saturated carbocycles. The number of carbonyl (C=O) groups excluding carboxylic acids is 1. The highest BCUT2D eigenvalue weighted by Gasteiger charge is 2.78. The molecule has 11 nitrogen and oxygen atoms in total. The van der Waals surface area contributed by atoms with Gasteiger partial charge in [-0.15, -0.1) is 0 Å². The molecule has 5 N–H and O–H groups in total. The second kappa shape index (κ2) is 7.41. The first-order valence-electron chi connectivity index (χ1n) is 13.4. The summed E-state index contributed by atoms with van der Waals surface area (Å²) >= 11 is 0.